The lowest BCUT2D eigenvalue weighted by molar-refractivity contribution is 0.564. The average Bonchev–Trinajstić information content (AvgIpc) is 3.38. The van der Waals surface area contributed by atoms with E-state index in [1.54, 1.807) is 19.0 Å². The normalized spacial score (nSPS) is 11.8. The maximum atomic E-state index is 4.79. The monoisotopic (exact) mass is 433 g/mol. The van der Waals surface area contributed by atoms with E-state index in [0.29, 0.717) is 11.6 Å². The number of nitrogens with one attached hydrogen (secondary N) is 2. The Balaban J connectivity index is 1.53. The third-order valence-corrected chi connectivity index (χ3v) is 5.49. The SMILES string of the molecule is Cc1ccc(C(C)(C)C)cc1Nc1nc(NCCCCn2cncn2)nc2ncn(C)c12. The Bertz CT molecular complexity index is 1190. The summed E-state index contributed by atoms with van der Waals surface area (Å²) in [6.07, 6.45) is 7.03. The summed E-state index contributed by atoms with van der Waals surface area (Å²) < 4.78 is 3.79. The van der Waals surface area contributed by atoms with Crippen molar-refractivity contribution in [2.75, 3.05) is 17.2 Å². The lowest BCUT2D eigenvalue weighted by Gasteiger charge is -2.21. The highest BCUT2D eigenvalue weighted by Crippen LogP contribution is 2.30. The van der Waals surface area contributed by atoms with Crippen LogP contribution in [0, 0.1) is 6.92 Å². The number of benzene rings is 1. The van der Waals surface area contributed by atoms with Gasteiger partial charge in [0.2, 0.25) is 5.95 Å². The van der Waals surface area contributed by atoms with E-state index in [1.807, 2.05) is 16.3 Å². The van der Waals surface area contributed by atoms with Gasteiger partial charge in [-0.2, -0.15) is 15.1 Å². The van der Waals surface area contributed by atoms with Gasteiger partial charge >= 0.3 is 0 Å². The number of aromatic nitrogens is 7. The lowest BCUT2D eigenvalue weighted by Crippen LogP contribution is -2.12. The zero-order valence-electron chi connectivity index (χ0n) is 19.4. The molecule has 0 unspecified atom stereocenters. The Morgan fingerprint density at radius 2 is 1.91 bits per heavy atom. The fourth-order valence-corrected chi connectivity index (χ4v) is 3.52. The van der Waals surface area contributed by atoms with Crippen LogP contribution in [0.15, 0.2) is 37.2 Å². The Labute approximate surface area is 188 Å². The molecule has 0 radical (unpaired) electrons. The fourth-order valence-electron chi connectivity index (χ4n) is 3.52. The first-order valence-electron chi connectivity index (χ1n) is 10.9. The summed E-state index contributed by atoms with van der Waals surface area (Å²) in [5, 5.41) is 11.0. The Hall–Kier alpha value is -3.49. The van der Waals surface area contributed by atoms with Crippen molar-refractivity contribution in [3.05, 3.63) is 48.3 Å². The number of imidazole rings is 1. The maximum absolute atomic E-state index is 4.79. The van der Waals surface area contributed by atoms with Crippen LogP contribution in [0.3, 0.4) is 0 Å². The number of anilines is 3. The van der Waals surface area contributed by atoms with Crippen molar-refractivity contribution < 1.29 is 0 Å². The molecular weight excluding hydrogens is 402 g/mol. The smallest absolute Gasteiger partial charge is 0.226 e. The molecule has 0 fully saturated rings. The predicted molar refractivity (Wildman–Crippen MR) is 127 cm³/mol. The molecule has 1 aromatic carbocycles. The van der Waals surface area contributed by atoms with E-state index in [1.165, 1.54) is 5.56 Å². The van der Waals surface area contributed by atoms with Crippen molar-refractivity contribution in [3.8, 4) is 0 Å². The molecule has 0 spiro atoms. The molecule has 0 aliphatic heterocycles. The van der Waals surface area contributed by atoms with Crippen LogP contribution in [0.1, 0.15) is 44.7 Å². The van der Waals surface area contributed by atoms with E-state index in [9.17, 15) is 0 Å². The van der Waals surface area contributed by atoms with Crippen LogP contribution in [-0.4, -0.2) is 40.8 Å². The summed E-state index contributed by atoms with van der Waals surface area (Å²) >= 11 is 0. The zero-order valence-corrected chi connectivity index (χ0v) is 19.4. The van der Waals surface area contributed by atoms with E-state index in [0.717, 1.165) is 48.5 Å². The number of aryl methyl sites for hydroxylation is 3. The molecule has 9 heteroatoms. The number of rotatable bonds is 8. The Morgan fingerprint density at radius 3 is 2.66 bits per heavy atom. The number of hydrogen-bond donors (Lipinski definition) is 2. The third kappa shape index (κ3) is 4.87. The largest absolute Gasteiger partial charge is 0.354 e. The molecule has 32 heavy (non-hydrogen) atoms. The van der Waals surface area contributed by atoms with Gasteiger partial charge in [-0.1, -0.05) is 32.9 Å². The first kappa shape index (κ1) is 21.7. The van der Waals surface area contributed by atoms with Gasteiger partial charge in [0.05, 0.1) is 6.33 Å². The van der Waals surface area contributed by atoms with Gasteiger partial charge in [0.25, 0.3) is 0 Å². The predicted octanol–water partition coefficient (Wildman–Crippen LogP) is 4.20. The van der Waals surface area contributed by atoms with Gasteiger partial charge in [0.1, 0.15) is 18.2 Å². The highest BCUT2D eigenvalue weighted by atomic mass is 15.3. The first-order chi connectivity index (χ1) is 15.3. The molecule has 0 atom stereocenters. The lowest BCUT2D eigenvalue weighted by atomic mass is 9.86. The van der Waals surface area contributed by atoms with Crippen LogP contribution in [0.25, 0.3) is 11.2 Å². The molecule has 2 N–H and O–H groups in total. The second-order valence-electron chi connectivity index (χ2n) is 9.12. The number of hydrogen-bond acceptors (Lipinski definition) is 7. The molecule has 9 nitrogen and oxygen atoms in total. The van der Waals surface area contributed by atoms with Gasteiger partial charge in [-0.25, -0.2) is 9.97 Å². The summed E-state index contributed by atoms with van der Waals surface area (Å²) in [4.78, 5) is 17.8. The zero-order chi connectivity index (χ0) is 22.7. The molecule has 4 aromatic rings. The van der Waals surface area contributed by atoms with Gasteiger partial charge in [0, 0.05) is 25.8 Å². The quantitative estimate of drug-likeness (QED) is 0.402. The van der Waals surface area contributed by atoms with Crippen molar-refractivity contribution in [2.24, 2.45) is 7.05 Å². The molecular formula is C23H31N9. The van der Waals surface area contributed by atoms with Crippen LogP contribution >= 0.6 is 0 Å². The fraction of sp³-hybridized carbons (Fsp3) is 0.435. The van der Waals surface area contributed by atoms with Gasteiger partial charge in [-0.15, -0.1) is 0 Å². The van der Waals surface area contributed by atoms with Gasteiger partial charge < -0.3 is 15.2 Å². The van der Waals surface area contributed by atoms with Crippen molar-refractivity contribution in [1.29, 1.82) is 0 Å². The minimum Gasteiger partial charge on any atom is -0.354 e. The molecule has 0 aliphatic rings. The van der Waals surface area contributed by atoms with Gasteiger partial charge in [-0.05, 0) is 42.4 Å². The molecule has 4 rings (SSSR count). The highest BCUT2D eigenvalue weighted by Gasteiger charge is 2.17. The Morgan fingerprint density at radius 1 is 1.06 bits per heavy atom. The molecule has 3 heterocycles. The third-order valence-electron chi connectivity index (χ3n) is 5.49. The number of fused-ring (bicyclic) bond motifs is 1. The molecule has 168 valence electrons. The second kappa shape index (κ2) is 8.94. The summed E-state index contributed by atoms with van der Waals surface area (Å²) in [6, 6.07) is 6.54. The van der Waals surface area contributed by atoms with E-state index >= 15 is 0 Å². The molecule has 0 aliphatic carbocycles. The van der Waals surface area contributed by atoms with Crippen molar-refractivity contribution >= 4 is 28.6 Å². The molecule has 0 saturated heterocycles. The van der Waals surface area contributed by atoms with Gasteiger partial charge in [0.15, 0.2) is 11.5 Å². The van der Waals surface area contributed by atoms with Crippen LogP contribution in [-0.2, 0) is 19.0 Å². The molecule has 0 bridgehead atoms. The van der Waals surface area contributed by atoms with E-state index in [-0.39, 0.29) is 5.41 Å². The van der Waals surface area contributed by atoms with Crippen molar-refractivity contribution in [1.82, 2.24) is 34.3 Å². The van der Waals surface area contributed by atoms with E-state index in [2.05, 4.69) is 76.6 Å². The van der Waals surface area contributed by atoms with Crippen LogP contribution in [0.4, 0.5) is 17.5 Å². The standard InChI is InChI=1S/C23H31N9/c1-16-8-9-17(23(2,3)4)12-18(16)28-21-19-20(26-15-31(19)5)29-22(30-21)25-10-6-7-11-32-14-24-13-27-32/h8-9,12-15H,6-7,10-11H2,1-5H3,(H2,25,28,29,30). The van der Waals surface area contributed by atoms with Crippen molar-refractivity contribution in [2.45, 2.75) is 52.5 Å². The minimum atomic E-state index is 0.0661. The maximum Gasteiger partial charge on any atom is 0.226 e. The summed E-state index contributed by atoms with van der Waals surface area (Å²) in [5.41, 5.74) is 5.08. The molecule has 0 saturated carbocycles. The average molecular weight is 434 g/mol. The Kier molecular flexibility index (Phi) is 6.07. The number of nitrogens with zero attached hydrogens (tertiary/aromatic N) is 7. The summed E-state index contributed by atoms with van der Waals surface area (Å²) in [5.74, 6) is 1.32. The van der Waals surface area contributed by atoms with Crippen LogP contribution in [0.2, 0.25) is 0 Å². The summed E-state index contributed by atoms with van der Waals surface area (Å²) in [7, 11) is 1.96. The van der Waals surface area contributed by atoms with E-state index < -0.39 is 0 Å². The first-order valence-corrected chi connectivity index (χ1v) is 10.9. The van der Waals surface area contributed by atoms with Gasteiger partial charge in [-0.3, -0.25) is 4.68 Å². The molecule has 3 aromatic heterocycles. The molecule has 0 amide bonds. The van der Waals surface area contributed by atoms with Crippen LogP contribution < -0.4 is 10.6 Å². The minimum absolute atomic E-state index is 0.0661. The number of unbranched alkanes of at least 4 members (excludes halogenated alkanes) is 1. The highest BCUT2D eigenvalue weighted by molar-refractivity contribution is 5.87. The van der Waals surface area contributed by atoms with E-state index in [4.69, 9.17) is 4.98 Å². The second-order valence-corrected chi connectivity index (χ2v) is 9.12. The topological polar surface area (TPSA) is 98.4 Å². The summed E-state index contributed by atoms with van der Waals surface area (Å²) in [6.45, 7) is 10.4. The van der Waals surface area contributed by atoms with Crippen molar-refractivity contribution in [3.63, 3.8) is 0 Å². The van der Waals surface area contributed by atoms with Crippen LogP contribution in [0.5, 0.6) is 0 Å².